The summed E-state index contributed by atoms with van der Waals surface area (Å²) in [5.74, 6) is -0.00265. The summed E-state index contributed by atoms with van der Waals surface area (Å²) in [6.45, 7) is 0.690. The number of carbonyl (C=O) groups is 1. The quantitative estimate of drug-likeness (QED) is 0.817. The molecule has 4 nitrogen and oxygen atoms in total. The van der Waals surface area contributed by atoms with Gasteiger partial charge in [-0.05, 0) is 50.3 Å². The molecule has 24 heavy (non-hydrogen) atoms. The molecule has 1 aromatic heterocycles. The standard InChI is InChI=1S/C19H25N3OS/c1-22(2)15-8-5-7-14(13-15)19(23)20-12-6-11-18-21-16-9-3-4-10-17(16)24-18/h5,7-8,13H,3-4,6,9-12H2,1-2H3,(H,20,23). The van der Waals surface area contributed by atoms with E-state index in [0.29, 0.717) is 12.1 Å². The molecule has 1 heterocycles. The predicted molar refractivity (Wildman–Crippen MR) is 100 cm³/mol. The molecular weight excluding hydrogens is 318 g/mol. The molecule has 0 fully saturated rings. The van der Waals surface area contributed by atoms with E-state index in [-0.39, 0.29) is 5.91 Å². The van der Waals surface area contributed by atoms with Gasteiger partial charge in [-0.2, -0.15) is 0 Å². The van der Waals surface area contributed by atoms with Gasteiger partial charge in [0, 0.05) is 43.2 Å². The second-order valence-corrected chi connectivity index (χ2v) is 7.66. The van der Waals surface area contributed by atoms with Gasteiger partial charge in [0.15, 0.2) is 0 Å². The Hall–Kier alpha value is -1.88. The second-order valence-electron chi connectivity index (χ2n) is 6.49. The molecule has 0 saturated carbocycles. The van der Waals surface area contributed by atoms with Crippen LogP contribution >= 0.6 is 11.3 Å². The van der Waals surface area contributed by atoms with Gasteiger partial charge >= 0.3 is 0 Å². The van der Waals surface area contributed by atoms with Crippen molar-refractivity contribution in [3.05, 3.63) is 45.4 Å². The molecule has 0 bridgehead atoms. The molecule has 1 aliphatic carbocycles. The summed E-state index contributed by atoms with van der Waals surface area (Å²) >= 11 is 1.87. The fraction of sp³-hybridized carbons (Fsp3) is 0.474. The van der Waals surface area contributed by atoms with Crippen LogP contribution in [0.3, 0.4) is 0 Å². The Morgan fingerprint density at radius 3 is 2.92 bits per heavy atom. The van der Waals surface area contributed by atoms with Crippen molar-refractivity contribution in [3.63, 3.8) is 0 Å². The highest BCUT2D eigenvalue weighted by Gasteiger charge is 2.14. The molecule has 0 spiro atoms. The van der Waals surface area contributed by atoms with Gasteiger partial charge in [-0.3, -0.25) is 4.79 Å². The molecule has 1 amide bonds. The minimum atomic E-state index is -0.00265. The minimum absolute atomic E-state index is 0.00265. The van der Waals surface area contributed by atoms with E-state index in [0.717, 1.165) is 24.9 Å². The van der Waals surface area contributed by atoms with Gasteiger partial charge in [0.2, 0.25) is 0 Å². The van der Waals surface area contributed by atoms with Crippen molar-refractivity contribution in [2.24, 2.45) is 0 Å². The number of nitrogens with one attached hydrogen (secondary N) is 1. The Morgan fingerprint density at radius 2 is 2.12 bits per heavy atom. The zero-order chi connectivity index (χ0) is 16.9. The zero-order valence-corrected chi connectivity index (χ0v) is 15.3. The first-order valence-corrected chi connectivity index (χ1v) is 9.48. The second kappa shape index (κ2) is 7.79. The van der Waals surface area contributed by atoms with Crippen molar-refractivity contribution in [1.82, 2.24) is 10.3 Å². The summed E-state index contributed by atoms with van der Waals surface area (Å²) in [5, 5.41) is 4.24. The molecule has 0 unspecified atom stereocenters. The molecule has 0 aliphatic heterocycles. The molecule has 0 saturated heterocycles. The maximum Gasteiger partial charge on any atom is 0.251 e. The lowest BCUT2D eigenvalue weighted by molar-refractivity contribution is 0.0953. The summed E-state index contributed by atoms with van der Waals surface area (Å²) in [6, 6.07) is 7.70. The van der Waals surface area contributed by atoms with Crippen molar-refractivity contribution in [2.45, 2.75) is 38.5 Å². The van der Waals surface area contributed by atoms with Gasteiger partial charge in [-0.15, -0.1) is 11.3 Å². The molecule has 3 rings (SSSR count). The summed E-state index contributed by atoms with van der Waals surface area (Å²) in [4.78, 5) is 20.5. The van der Waals surface area contributed by atoms with E-state index in [1.807, 2.05) is 54.6 Å². The highest BCUT2D eigenvalue weighted by Crippen LogP contribution is 2.27. The lowest BCUT2D eigenvalue weighted by atomic mass is 10.0. The first kappa shape index (κ1) is 17.0. The first-order valence-electron chi connectivity index (χ1n) is 8.66. The van der Waals surface area contributed by atoms with E-state index in [1.165, 1.54) is 34.8 Å². The number of amides is 1. The largest absolute Gasteiger partial charge is 0.378 e. The number of hydrogen-bond donors (Lipinski definition) is 1. The number of hydrogen-bond acceptors (Lipinski definition) is 4. The third-order valence-corrected chi connectivity index (χ3v) is 5.58. The molecule has 2 aromatic rings. The normalized spacial score (nSPS) is 13.4. The van der Waals surface area contributed by atoms with Gasteiger partial charge in [-0.25, -0.2) is 4.98 Å². The average Bonchev–Trinajstić information content (AvgIpc) is 3.01. The Labute approximate surface area is 147 Å². The van der Waals surface area contributed by atoms with E-state index in [4.69, 9.17) is 4.98 Å². The van der Waals surface area contributed by atoms with Crippen molar-refractivity contribution in [2.75, 3.05) is 25.5 Å². The van der Waals surface area contributed by atoms with Gasteiger partial charge in [-0.1, -0.05) is 6.07 Å². The van der Waals surface area contributed by atoms with Crippen LogP contribution in [-0.4, -0.2) is 31.5 Å². The maximum atomic E-state index is 12.2. The SMILES string of the molecule is CN(C)c1cccc(C(=O)NCCCc2nc3c(s2)CCCC3)c1. The predicted octanol–water partition coefficient (Wildman–Crippen LogP) is 3.45. The summed E-state index contributed by atoms with van der Waals surface area (Å²) in [7, 11) is 3.95. The zero-order valence-electron chi connectivity index (χ0n) is 14.5. The van der Waals surface area contributed by atoms with Crippen LogP contribution < -0.4 is 10.2 Å². The number of aryl methyl sites for hydroxylation is 3. The molecule has 128 valence electrons. The van der Waals surface area contributed by atoms with Gasteiger partial charge in [0.1, 0.15) is 0 Å². The van der Waals surface area contributed by atoms with Gasteiger partial charge < -0.3 is 10.2 Å². The topological polar surface area (TPSA) is 45.2 Å². The number of nitrogens with zero attached hydrogens (tertiary/aromatic N) is 2. The molecule has 0 atom stereocenters. The summed E-state index contributed by atoms with van der Waals surface area (Å²) < 4.78 is 0. The highest BCUT2D eigenvalue weighted by atomic mass is 32.1. The Bertz CT molecular complexity index is 685. The lowest BCUT2D eigenvalue weighted by Gasteiger charge is -2.13. The third kappa shape index (κ3) is 4.15. The molecule has 1 aliphatic rings. The number of anilines is 1. The van der Waals surface area contributed by atoms with Crippen LogP contribution in [0.25, 0.3) is 0 Å². The molecule has 5 heteroatoms. The van der Waals surface area contributed by atoms with Crippen molar-refractivity contribution in [1.29, 1.82) is 0 Å². The highest BCUT2D eigenvalue weighted by molar-refractivity contribution is 7.11. The van der Waals surface area contributed by atoms with Crippen molar-refractivity contribution >= 4 is 22.9 Å². The maximum absolute atomic E-state index is 12.2. The van der Waals surface area contributed by atoms with E-state index in [9.17, 15) is 4.79 Å². The number of fused-ring (bicyclic) bond motifs is 1. The Kier molecular flexibility index (Phi) is 5.51. The molecular formula is C19H25N3OS. The van der Waals surface area contributed by atoms with E-state index in [2.05, 4.69) is 5.32 Å². The van der Waals surface area contributed by atoms with Crippen molar-refractivity contribution in [3.8, 4) is 0 Å². The van der Waals surface area contributed by atoms with E-state index >= 15 is 0 Å². The fourth-order valence-electron chi connectivity index (χ4n) is 2.98. The van der Waals surface area contributed by atoms with Crippen LogP contribution in [0.5, 0.6) is 0 Å². The van der Waals surface area contributed by atoms with Gasteiger partial charge in [0.25, 0.3) is 5.91 Å². The summed E-state index contributed by atoms with van der Waals surface area (Å²) in [5.41, 5.74) is 3.08. The van der Waals surface area contributed by atoms with Crippen LogP contribution in [0.1, 0.15) is 45.2 Å². The van der Waals surface area contributed by atoms with Crippen LogP contribution in [0.4, 0.5) is 5.69 Å². The number of thiazole rings is 1. The molecule has 0 radical (unpaired) electrons. The van der Waals surface area contributed by atoms with Crippen LogP contribution in [0, 0.1) is 0 Å². The third-order valence-electron chi connectivity index (χ3n) is 4.37. The number of aromatic nitrogens is 1. The summed E-state index contributed by atoms with van der Waals surface area (Å²) in [6.07, 6.45) is 6.81. The number of rotatable bonds is 6. The van der Waals surface area contributed by atoms with Crippen molar-refractivity contribution < 1.29 is 4.79 Å². The van der Waals surface area contributed by atoms with Crippen LogP contribution in [0.15, 0.2) is 24.3 Å². The number of carbonyl (C=O) groups excluding carboxylic acids is 1. The van der Waals surface area contributed by atoms with Crippen LogP contribution in [0.2, 0.25) is 0 Å². The molecule has 1 N–H and O–H groups in total. The fourth-order valence-corrected chi connectivity index (χ4v) is 4.18. The minimum Gasteiger partial charge on any atom is -0.378 e. The van der Waals surface area contributed by atoms with E-state index in [1.54, 1.807) is 0 Å². The smallest absolute Gasteiger partial charge is 0.251 e. The average molecular weight is 343 g/mol. The number of benzene rings is 1. The monoisotopic (exact) mass is 343 g/mol. The first-order chi connectivity index (χ1) is 11.6. The van der Waals surface area contributed by atoms with Gasteiger partial charge in [0.05, 0.1) is 10.7 Å². The van der Waals surface area contributed by atoms with E-state index < -0.39 is 0 Å². The Balaban J connectivity index is 1.47. The lowest BCUT2D eigenvalue weighted by Crippen LogP contribution is -2.25. The van der Waals surface area contributed by atoms with Crippen LogP contribution in [-0.2, 0) is 19.3 Å². The Morgan fingerprint density at radius 1 is 1.29 bits per heavy atom. The molecule has 1 aromatic carbocycles.